The van der Waals surface area contributed by atoms with E-state index in [0.717, 1.165) is 5.75 Å². The number of methoxy groups -OCH3 is 1. The van der Waals surface area contributed by atoms with Gasteiger partial charge in [0, 0.05) is 0 Å². The van der Waals surface area contributed by atoms with Crippen LogP contribution in [0.5, 0.6) is 5.75 Å². The average Bonchev–Trinajstić information content (AvgIpc) is 2.13. The first kappa shape index (κ1) is 17.0. The van der Waals surface area contributed by atoms with Gasteiger partial charge in [-0.15, -0.1) is 0 Å². The zero-order valence-corrected chi connectivity index (χ0v) is 11.6. The summed E-state index contributed by atoms with van der Waals surface area (Å²) in [6, 6.07) is 6.85. The van der Waals surface area contributed by atoms with Gasteiger partial charge in [0.2, 0.25) is 0 Å². The van der Waals surface area contributed by atoms with Gasteiger partial charge in [-0.2, -0.15) is 0 Å². The first-order chi connectivity index (χ1) is 7.69. The Bertz CT molecular complexity index is 415. The van der Waals surface area contributed by atoms with E-state index in [4.69, 9.17) is 4.74 Å². The fourth-order valence-corrected chi connectivity index (χ4v) is 0.777. The van der Waals surface area contributed by atoms with Crippen LogP contribution >= 0.6 is 0 Å². The molecule has 0 saturated heterocycles. The second kappa shape index (κ2) is 4.62. The van der Waals surface area contributed by atoms with Crippen LogP contribution in [-0.4, -0.2) is 32.5 Å². The van der Waals surface area contributed by atoms with E-state index in [9.17, 15) is 21.7 Å². The molecular weight excluding hydrogens is 378 g/mol. The molecule has 0 spiro atoms. The number of ether oxygens (including phenoxy) is 1. The number of hydrogen-bond acceptors (Lipinski definition) is 2. The summed E-state index contributed by atoms with van der Waals surface area (Å²) >= 11 is -11.2. The van der Waals surface area contributed by atoms with Crippen LogP contribution in [0.4, 0.5) is 16.9 Å². The van der Waals surface area contributed by atoms with E-state index in [0.29, 0.717) is 5.56 Å². The van der Waals surface area contributed by atoms with Gasteiger partial charge in [0.25, 0.3) is 0 Å². The number of benzene rings is 1. The Balaban J connectivity index is 0.000000360. The topological polar surface area (TPSA) is 53.9 Å². The molecule has 0 aliphatic heterocycles. The van der Waals surface area contributed by atoms with Gasteiger partial charge in [0.15, 0.2) is 0 Å². The zero-order chi connectivity index (χ0) is 14.7. The number of quaternary nitrogens is 1. The van der Waals surface area contributed by atoms with Crippen molar-refractivity contribution < 1.29 is 32.1 Å². The molecule has 1 rings (SSSR count). The van der Waals surface area contributed by atoms with E-state index in [1.54, 1.807) is 31.4 Å². The molecule has 0 heterocycles. The van der Waals surface area contributed by atoms with Gasteiger partial charge in [0.05, 0.1) is 12.7 Å². The minimum absolute atomic E-state index is 0.173. The average molecular weight is 388 g/mol. The maximum absolute atomic E-state index is 11.2. The molecule has 0 atom stereocenters. The molecule has 1 aromatic rings. The summed E-state index contributed by atoms with van der Waals surface area (Å²) in [7, 11) is 1.58. The second-order valence-electron chi connectivity index (χ2n) is 3.11. The van der Waals surface area contributed by atoms with Crippen molar-refractivity contribution in [3.63, 3.8) is 0 Å². The van der Waals surface area contributed by atoms with Crippen molar-refractivity contribution in [3.8, 4) is 5.75 Å². The molecular formula is C8H10F6NO2Sb. The van der Waals surface area contributed by atoms with Gasteiger partial charge in [-0.05, 0) is 24.3 Å². The predicted molar refractivity (Wildman–Crippen MR) is 52.6 cm³/mol. The van der Waals surface area contributed by atoms with Crippen LogP contribution in [-0.2, 0) is 0 Å². The van der Waals surface area contributed by atoms with Crippen molar-refractivity contribution in [2.45, 2.75) is 0 Å². The third kappa shape index (κ3) is 13.1. The summed E-state index contributed by atoms with van der Waals surface area (Å²) in [5.74, 6) is 0.572. The molecule has 0 bridgehead atoms. The normalized spacial score (nSPS) is 14.7. The van der Waals surface area contributed by atoms with Gasteiger partial charge in [-0.1, -0.05) is 0 Å². The zero-order valence-electron chi connectivity index (χ0n) is 9.05. The summed E-state index contributed by atoms with van der Waals surface area (Å²) in [6.45, 7) is 0. The maximum atomic E-state index is 10.7. The summed E-state index contributed by atoms with van der Waals surface area (Å²) < 4.78 is 64.5. The van der Waals surface area contributed by atoms with Crippen molar-refractivity contribution in [2.75, 3.05) is 7.11 Å². The molecule has 106 valence electrons. The van der Waals surface area contributed by atoms with Crippen LogP contribution in [0.25, 0.3) is 0 Å². The standard InChI is InChI=1S/C8H9NO2.6FH.Sb/c1-11-7-4-2-6(3-5-7)8(9)10;;;;;;;/h2-5H,1H3,(H2,9,10);6*1H;/q;;;;;;;+5/p-5. The quantitative estimate of drug-likeness (QED) is 0.625. The van der Waals surface area contributed by atoms with Crippen molar-refractivity contribution in [3.05, 3.63) is 29.8 Å². The Labute approximate surface area is 100 Å². The molecule has 0 unspecified atom stereocenters. The Kier molecular flexibility index (Phi) is 4.38. The fraction of sp³-hybridized carbons (Fsp3) is 0.125. The van der Waals surface area contributed by atoms with Gasteiger partial charge < -0.3 is 4.74 Å². The minimum atomic E-state index is -11.2. The Morgan fingerprint density at radius 1 is 1.06 bits per heavy atom. The first-order valence-corrected chi connectivity index (χ1v) is 10.0. The summed E-state index contributed by atoms with van der Waals surface area (Å²) in [5.41, 5.74) is 3.89. The summed E-state index contributed by atoms with van der Waals surface area (Å²) in [4.78, 5) is 10.7. The molecule has 0 aromatic heterocycles. The Morgan fingerprint density at radius 2 is 1.39 bits per heavy atom. The van der Waals surface area contributed by atoms with Gasteiger partial charge >= 0.3 is 42.3 Å². The molecule has 0 aliphatic rings. The van der Waals surface area contributed by atoms with Gasteiger partial charge in [0.1, 0.15) is 5.75 Å². The number of hydrogen-bond donors (Lipinski definition) is 1. The van der Waals surface area contributed by atoms with Crippen molar-refractivity contribution in [1.82, 2.24) is 0 Å². The van der Waals surface area contributed by atoms with Crippen LogP contribution in [0, 0.1) is 0 Å². The molecule has 0 fully saturated rings. The Morgan fingerprint density at radius 3 is 1.61 bits per heavy atom. The molecule has 0 aliphatic carbocycles. The molecule has 3 nitrogen and oxygen atoms in total. The predicted octanol–water partition coefficient (Wildman–Crippen LogP) is 2.22. The first-order valence-electron chi connectivity index (χ1n) is 4.26. The van der Waals surface area contributed by atoms with Crippen LogP contribution in [0.2, 0.25) is 0 Å². The van der Waals surface area contributed by atoms with Crippen molar-refractivity contribution >= 4 is 25.4 Å². The van der Waals surface area contributed by atoms with E-state index in [2.05, 4.69) is 5.73 Å². The van der Waals surface area contributed by atoms with E-state index in [-0.39, 0.29) is 5.91 Å². The molecule has 1 aromatic carbocycles. The van der Waals surface area contributed by atoms with Crippen molar-refractivity contribution in [1.29, 1.82) is 0 Å². The van der Waals surface area contributed by atoms with Gasteiger partial charge in [-0.3, -0.25) is 5.73 Å². The molecule has 10 heteroatoms. The third-order valence-corrected chi connectivity index (χ3v) is 1.41. The molecule has 1 amide bonds. The van der Waals surface area contributed by atoms with Crippen LogP contribution < -0.4 is 10.5 Å². The Hall–Kier alpha value is -0.952. The van der Waals surface area contributed by atoms with Crippen molar-refractivity contribution in [2.24, 2.45) is 0 Å². The second-order valence-corrected chi connectivity index (χ2v) is 8.58. The van der Waals surface area contributed by atoms with E-state index in [1.165, 1.54) is 0 Å². The third-order valence-electron chi connectivity index (χ3n) is 1.41. The SMILES string of the molecule is COc1ccc(C([NH3+])=O)cc1.[F][Sb-]([F])([F])([F])([F])[F]. The van der Waals surface area contributed by atoms with E-state index >= 15 is 0 Å². The van der Waals surface area contributed by atoms with E-state index < -0.39 is 19.5 Å². The summed E-state index contributed by atoms with van der Waals surface area (Å²) in [6.07, 6.45) is 0. The number of halogens is 6. The molecule has 18 heavy (non-hydrogen) atoms. The molecule has 3 N–H and O–H groups in total. The number of carbonyl (C=O) groups excluding carboxylic acids is 1. The van der Waals surface area contributed by atoms with Gasteiger partial charge in [-0.25, -0.2) is 4.79 Å². The summed E-state index contributed by atoms with van der Waals surface area (Å²) in [5, 5.41) is 0. The van der Waals surface area contributed by atoms with E-state index in [1.807, 2.05) is 0 Å². The monoisotopic (exact) mass is 387 g/mol. The number of carbonyl (C=O) groups is 1. The number of amides is 1. The van der Waals surface area contributed by atoms with Crippen LogP contribution in [0.1, 0.15) is 10.4 Å². The fourth-order valence-electron chi connectivity index (χ4n) is 0.777. The number of rotatable bonds is 2. The molecule has 0 saturated carbocycles. The van der Waals surface area contributed by atoms with Crippen LogP contribution in [0.3, 0.4) is 0 Å². The molecule has 0 radical (unpaired) electrons. The van der Waals surface area contributed by atoms with Crippen LogP contribution in [0.15, 0.2) is 24.3 Å².